The van der Waals surface area contributed by atoms with Crippen molar-refractivity contribution in [1.29, 1.82) is 0 Å². The number of likely N-dealkylation sites (tertiary alicyclic amines) is 1. The van der Waals surface area contributed by atoms with E-state index in [1.54, 1.807) is 17.3 Å². The van der Waals surface area contributed by atoms with Crippen molar-refractivity contribution in [2.75, 3.05) is 19.7 Å². The Bertz CT molecular complexity index is 925. The molecule has 2 aliphatic heterocycles. The number of rotatable bonds is 5. The number of pyridine rings is 1. The Balaban J connectivity index is 1.20. The van der Waals surface area contributed by atoms with Gasteiger partial charge in [0, 0.05) is 43.4 Å². The van der Waals surface area contributed by atoms with Crippen LogP contribution in [0.3, 0.4) is 0 Å². The lowest BCUT2D eigenvalue weighted by molar-refractivity contribution is -0.134. The average Bonchev–Trinajstić information content (AvgIpc) is 3.19. The molecule has 2 aliphatic rings. The van der Waals surface area contributed by atoms with Gasteiger partial charge in [-0.1, -0.05) is 11.6 Å². The molecule has 4 rings (SSSR count). The summed E-state index contributed by atoms with van der Waals surface area (Å²) in [6, 6.07) is 5.89. The summed E-state index contributed by atoms with van der Waals surface area (Å²) in [4.78, 5) is 30.6. The van der Waals surface area contributed by atoms with E-state index in [1.165, 1.54) is 12.1 Å². The van der Waals surface area contributed by atoms with Crippen LogP contribution < -0.4 is 14.8 Å². The number of nitrogens with one attached hydrogen (secondary N) is 1. The van der Waals surface area contributed by atoms with E-state index >= 15 is 0 Å². The number of carbonyl (C=O) groups excluding carboxylic acids is 2. The Morgan fingerprint density at radius 1 is 1.30 bits per heavy atom. The SMILES string of the molecule is O=C(NC1CCN(C(=O)COc2ccc(Cl)c(F)c2)CC1)C1Cc2ccncc2O1. The Morgan fingerprint density at radius 2 is 2.10 bits per heavy atom. The fourth-order valence-corrected chi connectivity index (χ4v) is 3.71. The molecule has 0 bridgehead atoms. The van der Waals surface area contributed by atoms with E-state index < -0.39 is 11.9 Å². The highest BCUT2D eigenvalue weighted by atomic mass is 35.5. The molecule has 1 fully saturated rings. The molecule has 1 saturated heterocycles. The highest BCUT2D eigenvalue weighted by Gasteiger charge is 2.31. The number of hydrogen-bond donors (Lipinski definition) is 1. The third-order valence-corrected chi connectivity index (χ3v) is 5.59. The van der Waals surface area contributed by atoms with E-state index in [4.69, 9.17) is 21.1 Å². The van der Waals surface area contributed by atoms with Gasteiger partial charge in [0.15, 0.2) is 12.7 Å². The first-order valence-corrected chi connectivity index (χ1v) is 10.1. The van der Waals surface area contributed by atoms with Crippen molar-refractivity contribution < 1.29 is 23.5 Å². The minimum Gasteiger partial charge on any atom is -0.484 e. The molecule has 30 heavy (non-hydrogen) atoms. The zero-order chi connectivity index (χ0) is 21.1. The molecule has 1 unspecified atom stereocenters. The fraction of sp³-hybridized carbons (Fsp3) is 0.381. The van der Waals surface area contributed by atoms with Crippen LogP contribution in [0.1, 0.15) is 18.4 Å². The van der Waals surface area contributed by atoms with Crippen LogP contribution in [0.4, 0.5) is 4.39 Å². The van der Waals surface area contributed by atoms with Crippen molar-refractivity contribution in [3.05, 3.63) is 53.1 Å². The molecule has 2 aromatic rings. The van der Waals surface area contributed by atoms with E-state index in [0.717, 1.165) is 11.6 Å². The number of amides is 2. The van der Waals surface area contributed by atoms with Crippen molar-refractivity contribution in [2.45, 2.75) is 31.4 Å². The van der Waals surface area contributed by atoms with Crippen molar-refractivity contribution in [1.82, 2.24) is 15.2 Å². The molecule has 2 amide bonds. The quantitative estimate of drug-likeness (QED) is 0.783. The van der Waals surface area contributed by atoms with E-state index in [2.05, 4.69) is 10.3 Å². The Labute approximate surface area is 178 Å². The van der Waals surface area contributed by atoms with Gasteiger partial charge in [0.1, 0.15) is 17.3 Å². The second-order valence-electron chi connectivity index (χ2n) is 7.32. The van der Waals surface area contributed by atoms with E-state index in [1.807, 2.05) is 6.07 Å². The molecular weight excluding hydrogens is 413 g/mol. The summed E-state index contributed by atoms with van der Waals surface area (Å²) in [6.45, 7) is 0.843. The maximum Gasteiger partial charge on any atom is 0.261 e. The zero-order valence-corrected chi connectivity index (χ0v) is 16.9. The van der Waals surface area contributed by atoms with Gasteiger partial charge in [-0.05, 0) is 31.0 Å². The second-order valence-corrected chi connectivity index (χ2v) is 7.73. The zero-order valence-electron chi connectivity index (χ0n) is 16.1. The van der Waals surface area contributed by atoms with Crippen molar-refractivity contribution in [2.24, 2.45) is 0 Å². The molecule has 158 valence electrons. The molecule has 3 heterocycles. The highest BCUT2D eigenvalue weighted by Crippen LogP contribution is 2.27. The molecule has 0 aliphatic carbocycles. The maximum absolute atomic E-state index is 13.4. The summed E-state index contributed by atoms with van der Waals surface area (Å²) < 4.78 is 24.5. The van der Waals surface area contributed by atoms with E-state index in [-0.39, 0.29) is 35.2 Å². The summed E-state index contributed by atoms with van der Waals surface area (Å²) in [5, 5.41) is 3.02. The van der Waals surface area contributed by atoms with Gasteiger partial charge < -0.3 is 19.7 Å². The normalized spacial score (nSPS) is 18.5. The van der Waals surface area contributed by atoms with Gasteiger partial charge >= 0.3 is 0 Å². The summed E-state index contributed by atoms with van der Waals surface area (Å²) in [5.74, 6) is -0.0242. The van der Waals surface area contributed by atoms with Gasteiger partial charge in [-0.2, -0.15) is 0 Å². The molecule has 0 spiro atoms. The van der Waals surface area contributed by atoms with Crippen LogP contribution in [0.5, 0.6) is 11.5 Å². The maximum atomic E-state index is 13.4. The van der Waals surface area contributed by atoms with Crippen LogP contribution >= 0.6 is 11.6 Å². The molecule has 9 heteroatoms. The number of benzene rings is 1. The van der Waals surface area contributed by atoms with Gasteiger partial charge in [0.2, 0.25) is 0 Å². The molecule has 1 N–H and O–H groups in total. The van der Waals surface area contributed by atoms with Gasteiger partial charge in [-0.25, -0.2) is 4.39 Å². The number of hydrogen-bond acceptors (Lipinski definition) is 5. The first-order chi connectivity index (χ1) is 14.5. The Kier molecular flexibility index (Phi) is 6.03. The minimum atomic E-state index is -0.594. The van der Waals surface area contributed by atoms with E-state index in [9.17, 15) is 14.0 Å². The van der Waals surface area contributed by atoms with Crippen LogP contribution in [0.2, 0.25) is 5.02 Å². The lowest BCUT2D eigenvalue weighted by Gasteiger charge is -2.32. The monoisotopic (exact) mass is 433 g/mol. The smallest absolute Gasteiger partial charge is 0.261 e. The largest absolute Gasteiger partial charge is 0.484 e. The number of carbonyl (C=O) groups is 2. The third-order valence-electron chi connectivity index (χ3n) is 5.28. The van der Waals surface area contributed by atoms with Crippen LogP contribution in [-0.2, 0) is 16.0 Å². The summed E-state index contributed by atoms with van der Waals surface area (Å²) >= 11 is 5.63. The molecule has 1 atom stereocenters. The first kappa shape index (κ1) is 20.4. The summed E-state index contributed by atoms with van der Waals surface area (Å²) in [6.07, 6.45) is 4.58. The van der Waals surface area contributed by atoms with Crippen molar-refractivity contribution in [3.63, 3.8) is 0 Å². The number of piperidine rings is 1. The number of ether oxygens (including phenoxy) is 2. The standard InChI is InChI=1S/C21H21ClFN3O4/c22-16-2-1-15(10-17(16)23)29-12-20(27)26-7-4-14(5-8-26)25-21(28)18-9-13-3-6-24-11-19(13)30-18/h1-3,6,10-11,14,18H,4-5,7-9,12H2,(H,25,28). The lowest BCUT2D eigenvalue weighted by Crippen LogP contribution is -2.50. The predicted molar refractivity (Wildman–Crippen MR) is 107 cm³/mol. The number of nitrogens with zero attached hydrogens (tertiary/aromatic N) is 2. The number of halogens is 2. The predicted octanol–water partition coefficient (Wildman–Crippen LogP) is 2.36. The lowest BCUT2D eigenvalue weighted by atomic mass is 10.0. The molecular formula is C21H21ClFN3O4. The second kappa shape index (κ2) is 8.87. The van der Waals surface area contributed by atoms with Crippen molar-refractivity contribution >= 4 is 23.4 Å². The summed E-state index contributed by atoms with van der Waals surface area (Å²) in [7, 11) is 0. The Hall–Kier alpha value is -2.87. The first-order valence-electron chi connectivity index (χ1n) is 9.75. The number of aromatic nitrogens is 1. The third kappa shape index (κ3) is 4.64. The van der Waals surface area contributed by atoms with Gasteiger partial charge in [-0.15, -0.1) is 0 Å². The molecule has 7 nitrogen and oxygen atoms in total. The van der Waals surface area contributed by atoms with Gasteiger partial charge in [-0.3, -0.25) is 14.6 Å². The van der Waals surface area contributed by atoms with E-state index in [0.29, 0.717) is 38.1 Å². The van der Waals surface area contributed by atoms with Crippen LogP contribution in [-0.4, -0.2) is 53.5 Å². The van der Waals surface area contributed by atoms with Crippen LogP contribution in [0, 0.1) is 5.82 Å². The summed E-state index contributed by atoms with van der Waals surface area (Å²) in [5.41, 5.74) is 0.978. The van der Waals surface area contributed by atoms with Crippen molar-refractivity contribution in [3.8, 4) is 11.5 Å². The number of fused-ring (bicyclic) bond motifs is 1. The highest BCUT2D eigenvalue weighted by molar-refractivity contribution is 6.30. The minimum absolute atomic E-state index is 0.00125. The fourth-order valence-electron chi connectivity index (χ4n) is 3.59. The molecule has 1 aromatic heterocycles. The van der Waals surface area contributed by atoms with Gasteiger partial charge in [0.05, 0.1) is 11.2 Å². The molecule has 0 radical (unpaired) electrons. The molecule has 0 saturated carbocycles. The topological polar surface area (TPSA) is 80.8 Å². The van der Waals surface area contributed by atoms with Gasteiger partial charge in [0.25, 0.3) is 11.8 Å². The average molecular weight is 434 g/mol. The van der Waals surface area contributed by atoms with Crippen LogP contribution in [0.25, 0.3) is 0 Å². The van der Waals surface area contributed by atoms with Crippen LogP contribution in [0.15, 0.2) is 36.7 Å². The Morgan fingerprint density at radius 3 is 2.83 bits per heavy atom. The molecule has 1 aromatic carbocycles.